The molecule has 1 aromatic rings. The molecule has 0 amide bonds. The van der Waals surface area contributed by atoms with E-state index in [-0.39, 0.29) is 12.2 Å². The lowest BCUT2D eigenvalue weighted by atomic mass is 9.91. The number of ether oxygens (including phenoxy) is 1. The average molecular weight is 326 g/mol. The monoisotopic (exact) mass is 326 g/mol. The Labute approximate surface area is 133 Å². The van der Waals surface area contributed by atoms with Gasteiger partial charge in [-0.1, -0.05) is 0 Å². The van der Waals surface area contributed by atoms with Gasteiger partial charge in [-0.3, -0.25) is 9.59 Å². The molecule has 7 heteroatoms. The Morgan fingerprint density at radius 1 is 1.35 bits per heavy atom. The molecule has 3 atom stereocenters. The van der Waals surface area contributed by atoms with Gasteiger partial charge in [0, 0.05) is 12.0 Å². The largest absolute Gasteiger partial charge is 0.469 e. The summed E-state index contributed by atoms with van der Waals surface area (Å²) in [7, 11) is 1.21. The van der Waals surface area contributed by atoms with Gasteiger partial charge in [0.2, 0.25) is 5.79 Å². The van der Waals surface area contributed by atoms with E-state index in [2.05, 4.69) is 4.74 Å². The Morgan fingerprint density at radius 3 is 2.61 bits per heavy atom. The summed E-state index contributed by atoms with van der Waals surface area (Å²) in [6.45, 7) is 1.32. The third kappa shape index (κ3) is 4.13. The fourth-order valence-corrected chi connectivity index (χ4v) is 2.57. The molecule has 0 aromatic heterocycles. The maximum absolute atomic E-state index is 12.8. The van der Waals surface area contributed by atoms with Crippen molar-refractivity contribution < 1.29 is 33.6 Å². The van der Waals surface area contributed by atoms with Gasteiger partial charge in [0.05, 0.1) is 7.11 Å². The van der Waals surface area contributed by atoms with Crippen molar-refractivity contribution >= 4 is 11.8 Å². The minimum absolute atomic E-state index is 0.134. The third-order valence-corrected chi connectivity index (χ3v) is 3.80. The van der Waals surface area contributed by atoms with Crippen LogP contribution in [0.15, 0.2) is 24.3 Å². The highest BCUT2D eigenvalue weighted by atomic mass is 19.1. The zero-order chi connectivity index (χ0) is 17.0. The summed E-state index contributed by atoms with van der Waals surface area (Å²) in [5.74, 6) is -3.92. The number of carbonyl (C=O) groups excluding carboxylic acids is 2. The number of hydrogen-bond donors (Lipinski definition) is 1. The van der Waals surface area contributed by atoms with E-state index in [1.54, 1.807) is 0 Å². The lowest BCUT2D eigenvalue weighted by Crippen LogP contribution is -2.41. The fourth-order valence-electron chi connectivity index (χ4n) is 2.57. The Hall–Kier alpha value is -1.83. The molecule has 0 saturated carbocycles. The van der Waals surface area contributed by atoms with E-state index in [0.717, 1.165) is 0 Å². The van der Waals surface area contributed by atoms with Gasteiger partial charge in [-0.05, 0) is 44.0 Å². The molecular weight excluding hydrogens is 307 g/mol. The number of benzene rings is 1. The second kappa shape index (κ2) is 7.16. The molecule has 1 heterocycles. The van der Waals surface area contributed by atoms with Crippen molar-refractivity contribution in [2.75, 3.05) is 7.11 Å². The molecule has 0 spiro atoms. The molecule has 1 aromatic carbocycles. The predicted octanol–water partition coefficient (Wildman–Crippen LogP) is 2.01. The highest BCUT2D eigenvalue weighted by molar-refractivity contribution is 5.95. The van der Waals surface area contributed by atoms with Gasteiger partial charge in [-0.2, -0.15) is 0 Å². The second-order valence-electron chi connectivity index (χ2n) is 5.60. The molecule has 1 saturated heterocycles. The Morgan fingerprint density at radius 2 is 2.00 bits per heavy atom. The number of carbonyl (C=O) groups is 2. The maximum Gasteiger partial charge on any atom is 0.317 e. The Balaban J connectivity index is 1.89. The summed E-state index contributed by atoms with van der Waals surface area (Å²) >= 11 is 0. The normalized spacial score (nSPS) is 27.0. The van der Waals surface area contributed by atoms with Crippen LogP contribution in [0.1, 0.15) is 36.5 Å². The first-order chi connectivity index (χ1) is 10.8. The van der Waals surface area contributed by atoms with Crippen molar-refractivity contribution in [3.63, 3.8) is 0 Å². The van der Waals surface area contributed by atoms with E-state index in [1.165, 1.54) is 38.3 Å². The van der Waals surface area contributed by atoms with Crippen molar-refractivity contribution in [3.05, 3.63) is 35.6 Å². The number of ketones is 1. The van der Waals surface area contributed by atoms with Crippen molar-refractivity contribution in [1.82, 2.24) is 0 Å². The van der Waals surface area contributed by atoms with Crippen LogP contribution in [0.2, 0.25) is 0 Å². The summed E-state index contributed by atoms with van der Waals surface area (Å²) < 4.78 is 17.5. The highest BCUT2D eigenvalue weighted by Crippen LogP contribution is 2.35. The topological polar surface area (TPSA) is 82.1 Å². The fraction of sp³-hybridized carbons (Fsp3) is 0.500. The SMILES string of the molecule is COC(=O)C1C(CCCC(=O)c2ccc(F)cc2)OOC1(C)O. The van der Waals surface area contributed by atoms with Gasteiger partial charge in [-0.15, -0.1) is 0 Å². The van der Waals surface area contributed by atoms with Crippen molar-refractivity contribution in [2.24, 2.45) is 5.92 Å². The molecule has 6 nitrogen and oxygen atoms in total. The van der Waals surface area contributed by atoms with Crippen molar-refractivity contribution in [2.45, 2.75) is 38.1 Å². The molecule has 1 N–H and O–H groups in total. The van der Waals surface area contributed by atoms with Gasteiger partial charge in [0.25, 0.3) is 0 Å². The van der Waals surface area contributed by atoms with Crippen LogP contribution < -0.4 is 0 Å². The summed E-state index contributed by atoms with van der Waals surface area (Å²) in [4.78, 5) is 33.5. The van der Waals surface area contributed by atoms with Crippen LogP contribution in [0.3, 0.4) is 0 Å². The first-order valence-corrected chi connectivity index (χ1v) is 7.28. The van der Waals surface area contributed by atoms with E-state index < -0.39 is 29.6 Å². The molecule has 1 aliphatic heterocycles. The minimum atomic E-state index is -1.77. The molecule has 1 aliphatic rings. The first kappa shape index (κ1) is 17.5. The van der Waals surface area contributed by atoms with Crippen LogP contribution in [-0.2, 0) is 19.3 Å². The Kier molecular flexibility index (Phi) is 5.46. The summed E-state index contributed by atoms with van der Waals surface area (Å²) in [5.41, 5.74) is 0.423. The quantitative estimate of drug-likeness (QED) is 0.489. The number of hydrogen-bond acceptors (Lipinski definition) is 6. The molecule has 23 heavy (non-hydrogen) atoms. The number of aliphatic hydroxyl groups is 1. The maximum atomic E-state index is 12.8. The number of methoxy groups -OCH3 is 1. The van der Waals surface area contributed by atoms with Crippen LogP contribution >= 0.6 is 0 Å². The van der Waals surface area contributed by atoms with E-state index in [0.29, 0.717) is 18.4 Å². The molecule has 126 valence electrons. The van der Waals surface area contributed by atoms with Gasteiger partial charge in [0.15, 0.2) is 5.78 Å². The molecule has 1 fully saturated rings. The lowest BCUT2D eigenvalue weighted by Gasteiger charge is -2.21. The Bertz CT molecular complexity index is 568. The van der Waals surface area contributed by atoms with Gasteiger partial charge < -0.3 is 9.84 Å². The molecule has 3 unspecified atom stereocenters. The smallest absolute Gasteiger partial charge is 0.317 e. The minimum Gasteiger partial charge on any atom is -0.469 e. The molecule has 0 bridgehead atoms. The predicted molar refractivity (Wildman–Crippen MR) is 76.7 cm³/mol. The van der Waals surface area contributed by atoms with E-state index in [9.17, 15) is 19.1 Å². The molecule has 2 rings (SSSR count). The van der Waals surface area contributed by atoms with Crippen LogP contribution in [0, 0.1) is 11.7 Å². The van der Waals surface area contributed by atoms with Crippen LogP contribution in [-0.4, -0.2) is 35.9 Å². The number of halogens is 1. The van der Waals surface area contributed by atoms with Crippen LogP contribution in [0.25, 0.3) is 0 Å². The number of esters is 1. The lowest BCUT2D eigenvalue weighted by molar-refractivity contribution is -0.374. The standard InChI is InChI=1S/C16H19FO6/c1-16(20)14(15(19)21-2)13(22-23-16)5-3-4-12(18)10-6-8-11(17)9-7-10/h6-9,13-14,20H,3-5H2,1-2H3. The highest BCUT2D eigenvalue weighted by Gasteiger charge is 2.52. The van der Waals surface area contributed by atoms with Gasteiger partial charge in [0.1, 0.15) is 17.8 Å². The van der Waals surface area contributed by atoms with Crippen LogP contribution in [0.5, 0.6) is 0 Å². The summed E-state index contributed by atoms with van der Waals surface area (Å²) in [6, 6.07) is 5.31. The summed E-state index contributed by atoms with van der Waals surface area (Å²) in [6.07, 6.45) is 0.275. The van der Waals surface area contributed by atoms with E-state index in [4.69, 9.17) is 9.78 Å². The van der Waals surface area contributed by atoms with E-state index >= 15 is 0 Å². The van der Waals surface area contributed by atoms with Crippen LogP contribution in [0.4, 0.5) is 4.39 Å². The molecule has 0 aliphatic carbocycles. The summed E-state index contributed by atoms with van der Waals surface area (Å²) in [5, 5.41) is 9.99. The molecular formula is C16H19FO6. The number of rotatable bonds is 6. The first-order valence-electron chi connectivity index (χ1n) is 7.28. The van der Waals surface area contributed by atoms with Crippen molar-refractivity contribution in [3.8, 4) is 0 Å². The third-order valence-electron chi connectivity index (χ3n) is 3.80. The number of Topliss-reactive ketones (excluding diaryl/α,β-unsaturated/α-hetero) is 1. The van der Waals surface area contributed by atoms with Gasteiger partial charge in [-0.25, -0.2) is 14.2 Å². The zero-order valence-corrected chi connectivity index (χ0v) is 13.0. The second-order valence-corrected chi connectivity index (χ2v) is 5.60. The van der Waals surface area contributed by atoms with E-state index in [1.807, 2.05) is 0 Å². The zero-order valence-electron chi connectivity index (χ0n) is 13.0. The average Bonchev–Trinajstić information content (AvgIpc) is 2.82. The van der Waals surface area contributed by atoms with Crippen molar-refractivity contribution in [1.29, 1.82) is 0 Å². The molecule has 0 radical (unpaired) electrons. The van der Waals surface area contributed by atoms with Gasteiger partial charge >= 0.3 is 5.97 Å².